The van der Waals surface area contributed by atoms with Crippen LogP contribution in [0, 0.1) is 17.3 Å². The van der Waals surface area contributed by atoms with Crippen molar-refractivity contribution in [2.24, 2.45) is 17.3 Å². The van der Waals surface area contributed by atoms with Crippen LogP contribution in [0.5, 0.6) is 0 Å². The van der Waals surface area contributed by atoms with Crippen LogP contribution in [0.3, 0.4) is 0 Å². The van der Waals surface area contributed by atoms with Gasteiger partial charge in [-0.3, -0.25) is 9.78 Å². The van der Waals surface area contributed by atoms with Crippen LogP contribution < -0.4 is 5.32 Å². The molecule has 10 heteroatoms. The molecular formula is C24H30F5N3O2. The third-order valence-corrected chi connectivity index (χ3v) is 8.39. The Morgan fingerprint density at radius 1 is 1.29 bits per heavy atom. The molecule has 5 nitrogen and oxygen atoms in total. The van der Waals surface area contributed by atoms with Crippen LogP contribution in [0.1, 0.15) is 55.3 Å². The number of ether oxygens (including phenoxy) is 1. The second kappa shape index (κ2) is 9.00. The van der Waals surface area contributed by atoms with Crippen LogP contribution in [0.2, 0.25) is 0 Å². The van der Waals surface area contributed by atoms with E-state index in [2.05, 4.69) is 10.3 Å². The summed E-state index contributed by atoms with van der Waals surface area (Å²) in [5.74, 6) is -0.683. The summed E-state index contributed by atoms with van der Waals surface area (Å²) >= 11 is 0. The number of hydrogen-bond acceptors (Lipinski definition) is 4. The number of hydrogen-bond donors (Lipinski definition) is 1. The number of halogens is 5. The van der Waals surface area contributed by atoms with Crippen LogP contribution in [0.15, 0.2) is 12.3 Å². The van der Waals surface area contributed by atoms with Crippen molar-refractivity contribution < 1.29 is 31.5 Å². The van der Waals surface area contributed by atoms with Gasteiger partial charge in [0, 0.05) is 50.1 Å². The molecule has 2 aliphatic heterocycles. The van der Waals surface area contributed by atoms with Crippen molar-refractivity contribution in [2.45, 2.75) is 76.2 Å². The molecule has 5 rings (SSSR count). The van der Waals surface area contributed by atoms with Gasteiger partial charge in [0.15, 0.2) is 0 Å². The molecule has 0 bridgehead atoms. The lowest BCUT2D eigenvalue weighted by molar-refractivity contribution is -0.144. The van der Waals surface area contributed by atoms with Crippen LogP contribution in [0.25, 0.3) is 0 Å². The van der Waals surface area contributed by atoms with Gasteiger partial charge in [0.2, 0.25) is 12.3 Å². The molecule has 1 aromatic heterocycles. The van der Waals surface area contributed by atoms with E-state index in [0.717, 1.165) is 37.9 Å². The Morgan fingerprint density at radius 2 is 2.12 bits per heavy atom. The third kappa shape index (κ3) is 4.32. The summed E-state index contributed by atoms with van der Waals surface area (Å²) in [7, 11) is 0. The van der Waals surface area contributed by atoms with Gasteiger partial charge in [0.25, 0.3) is 0 Å². The molecule has 1 N–H and O–H groups in total. The maximum Gasteiger partial charge on any atom is 0.417 e. The summed E-state index contributed by atoms with van der Waals surface area (Å²) in [6, 6.07) is 0.757. The number of carbonyl (C=O) groups is 1. The first-order valence-corrected chi connectivity index (χ1v) is 12.1. The quantitative estimate of drug-likeness (QED) is 0.648. The molecule has 3 fully saturated rings. The molecule has 2 aliphatic carbocycles. The van der Waals surface area contributed by atoms with Gasteiger partial charge in [-0.15, -0.1) is 0 Å². The van der Waals surface area contributed by atoms with Crippen molar-refractivity contribution >= 4 is 5.91 Å². The zero-order valence-corrected chi connectivity index (χ0v) is 18.9. The Morgan fingerprint density at radius 3 is 2.88 bits per heavy atom. The summed E-state index contributed by atoms with van der Waals surface area (Å²) in [5.41, 5.74) is -0.292. The van der Waals surface area contributed by atoms with Gasteiger partial charge in [-0.2, -0.15) is 13.2 Å². The molecule has 1 saturated heterocycles. The molecule has 0 aromatic carbocycles. The standard InChI is InChI=1S/C24H30F5N3O2/c25-21(26)18-13-34-7-4-20(18)31-17-9-15-2-1-5-23(15,10-17)22(33)32-6-3-19-14(12-32)8-16(11-30-19)24(27,28)29/h8,11,15,17-18,20-21,31H,1-7,9-10,12-13H2/t15-,17-,18-,20+,23-/m1/s1. The number of nitrogens with zero attached hydrogens (tertiary/aromatic N) is 2. The fourth-order valence-corrected chi connectivity index (χ4v) is 6.71. The van der Waals surface area contributed by atoms with Crippen LogP contribution in [-0.4, -0.2) is 54.1 Å². The maximum atomic E-state index is 13.8. The molecule has 0 radical (unpaired) electrons. The summed E-state index contributed by atoms with van der Waals surface area (Å²) in [6.45, 7) is 1.05. The fraction of sp³-hybridized carbons (Fsp3) is 0.750. The monoisotopic (exact) mass is 487 g/mol. The lowest BCUT2D eigenvalue weighted by atomic mass is 9.78. The number of aromatic nitrogens is 1. The molecule has 188 valence electrons. The average Bonchev–Trinajstić information content (AvgIpc) is 3.35. The number of pyridine rings is 1. The number of amides is 1. The normalized spacial score (nSPS) is 33.8. The Labute approximate surface area is 195 Å². The van der Waals surface area contributed by atoms with Gasteiger partial charge in [-0.1, -0.05) is 6.42 Å². The third-order valence-electron chi connectivity index (χ3n) is 8.39. The minimum Gasteiger partial charge on any atom is -0.381 e. The van der Waals surface area contributed by atoms with Crippen molar-refractivity contribution in [1.82, 2.24) is 15.2 Å². The summed E-state index contributed by atoms with van der Waals surface area (Å²) in [4.78, 5) is 19.5. The van der Waals surface area contributed by atoms with Crippen molar-refractivity contribution in [2.75, 3.05) is 19.8 Å². The number of carbonyl (C=O) groups excluding carboxylic acids is 1. The molecule has 0 spiro atoms. The second-order valence-corrected chi connectivity index (χ2v) is 10.3. The fourth-order valence-electron chi connectivity index (χ4n) is 6.71. The molecule has 3 heterocycles. The lowest BCUT2D eigenvalue weighted by Crippen LogP contribution is -2.50. The van der Waals surface area contributed by atoms with Crippen LogP contribution in [-0.2, 0) is 28.7 Å². The van der Waals surface area contributed by atoms with Gasteiger partial charge in [-0.25, -0.2) is 8.78 Å². The first-order chi connectivity index (χ1) is 16.2. The Kier molecular flexibility index (Phi) is 6.33. The highest BCUT2D eigenvalue weighted by Crippen LogP contribution is 2.55. The van der Waals surface area contributed by atoms with Gasteiger partial charge in [0.1, 0.15) is 0 Å². The highest BCUT2D eigenvalue weighted by atomic mass is 19.4. The van der Waals surface area contributed by atoms with Gasteiger partial charge in [0.05, 0.1) is 23.5 Å². The first-order valence-electron chi connectivity index (χ1n) is 12.1. The van der Waals surface area contributed by atoms with Gasteiger partial charge < -0.3 is 15.0 Å². The average molecular weight is 488 g/mol. The molecule has 1 aromatic rings. The SMILES string of the molecule is O=C(N1CCc2ncc(C(F)(F)F)cc2C1)[C@@]12CCC[C@@H]1C[C@@H](N[C@H]1CCOC[C@H]1C(F)F)C2. The molecule has 0 unspecified atom stereocenters. The molecule has 2 saturated carbocycles. The van der Waals surface area contributed by atoms with Crippen molar-refractivity contribution in [3.05, 3.63) is 29.1 Å². The summed E-state index contributed by atoms with van der Waals surface area (Å²) < 4.78 is 71.7. The van der Waals surface area contributed by atoms with Crippen molar-refractivity contribution in [3.8, 4) is 0 Å². The minimum absolute atomic E-state index is 0.000233. The van der Waals surface area contributed by atoms with Crippen molar-refractivity contribution in [1.29, 1.82) is 0 Å². The van der Waals surface area contributed by atoms with E-state index in [1.54, 1.807) is 4.90 Å². The second-order valence-electron chi connectivity index (χ2n) is 10.3. The molecule has 34 heavy (non-hydrogen) atoms. The summed E-state index contributed by atoms with van der Waals surface area (Å²) in [6.07, 6.45) is -1.18. The van der Waals surface area contributed by atoms with E-state index in [1.807, 2.05) is 0 Å². The Hall–Kier alpha value is -1.81. The number of alkyl halides is 5. The van der Waals surface area contributed by atoms with Crippen molar-refractivity contribution in [3.63, 3.8) is 0 Å². The zero-order chi connectivity index (χ0) is 24.1. The smallest absolute Gasteiger partial charge is 0.381 e. The van der Waals surface area contributed by atoms with E-state index < -0.39 is 29.5 Å². The highest BCUT2D eigenvalue weighted by molar-refractivity contribution is 5.84. The number of nitrogens with one attached hydrogen (secondary N) is 1. The topological polar surface area (TPSA) is 54.5 Å². The number of fused-ring (bicyclic) bond motifs is 2. The Balaban J connectivity index is 1.31. The minimum atomic E-state index is -4.48. The first kappa shape index (κ1) is 23.9. The molecular weight excluding hydrogens is 457 g/mol. The van der Waals surface area contributed by atoms with Crippen LogP contribution >= 0.6 is 0 Å². The van der Waals surface area contributed by atoms with E-state index in [1.165, 1.54) is 0 Å². The van der Waals surface area contributed by atoms with E-state index in [4.69, 9.17) is 4.74 Å². The largest absolute Gasteiger partial charge is 0.417 e. The number of rotatable bonds is 4. The van der Waals surface area contributed by atoms with Crippen LogP contribution in [0.4, 0.5) is 22.0 Å². The highest BCUT2D eigenvalue weighted by Gasteiger charge is 2.56. The van der Waals surface area contributed by atoms with E-state index in [-0.39, 0.29) is 37.1 Å². The predicted molar refractivity (Wildman–Crippen MR) is 113 cm³/mol. The predicted octanol–water partition coefficient (Wildman–Crippen LogP) is 4.19. The lowest BCUT2D eigenvalue weighted by Gasteiger charge is -2.38. The molecule has 5 atom stereocenters. The van der Waals surface area contributed by atoms with Gasteiger partial charge >= 0.3 is 6.18 Å². The maximum absolute atomic E-state index is 13.8. The van der Waals surface area contributed by atoms with E-state index in [0.29, 0.717) is 43.7 Å². The van der Waals surface area contributed by atoms with E-state index >= 15 is 0 Å². The van der Waals surface area contributed by atoms with E-state index in [9.17, 15) is 26.7 Å². The molecule has 1 amide bonds. The summed E-state index contributed by atoms with van der Waals surface area (Å²) in [5, 5.41) is 3.43. The zero-order valence-electron chi connectivity index (χ0n) is 18.9. The molecule has 4 aliphatic rings. The Bertz CT molecular complexity index is 926. The van der Waals surface area contributed by atoms with Gasteiger partial charge in [-0.05, 0) is 49.7 Å².